The van der Waals surface area contributed by atoms with Crippen LogP contribution in [-0.2, 0) is 24.2 Å². The van der Waals surface area contributed by atoms with Gasteiger partial charge in [-0.15, -0.1) is 21.5 Å². The van der Waals surface area contributed by atoms with Gasteiger partial charge in [0.25, 0.3) is 5.91 Å². The first-order valence-electron chi connectivity index (χ1n) is 10.8. The number of thiophene rings is 1. The molecule has 0 fully saturated rings. The average molecular weight is 491 g/mol. The summed E-state index contributed by atoms with van der Waals surface area (Å²) in [6, 6.07) is 13.8. The van der Waals surface area contributed by atoms with Crippen molar-refractivity contribution in [3.8, 4) is 11.4 Å². The number of thioether (sulfide) groups is 1. The summed E-state index contributed by atoms with van der Waals surface area (Å²) in [6.07, 6.45) is 6.22. The summed E-state index contributed by atoms with van der Waals surface area (Å²) in [5, 5.41) is 12.8. The van der Waals surface area contributed by atoms with E-state index in [-0.39, 0.29) is 11.7 Å². The van der Waals surface area contributed by atoms with Gasteiger partial charge in [0, 0.05) is 22.8 Å². The number of hydrogen-bond donors (Lipinski definition) is 2. The van der Waals surface area contributed by atoms with Crippen molar-refractivity contribution < 1.29 is 9.59 Å². The van der Waals surface area contributed by atoms with Gasteiger partial charge in [-0.3, -0.25) is 19.1 Å². The summed E-state index contributed by atoms with van der Waals surface area (Å²) >= 11 is 2.75. The van der Waals surface area contributed by atoms with E-state index in [1.807, 2.05) is 47.0 Å². The molecule has 1 aliphatic carbocycles. The molecule has 172 valence electrons. The lowest BCUT2D eigenvalue weighted by atomic mass is 10.1. The molecule has 0 aliphatic heterocycles. The van der Waals surface area contributed by atoms with E-state index in [1.54, 1.807) is 12.4 Å². The van der Waals surface area contributed by atoms with E-state index in [0.717, 1.165) is 40.8 Å². The number of rotatable bonds is 8. The molecule has 0 atom stereocenters. The lowest BCUT2D eigenvalue weighted by molar-refractivity contribution is -0.113. The number of aryl methyl sites for hydroxylation is 1. The van der Waals surface area contributed by atoms with Crippen LogP contribution in [0.3, 0.4) is 0 Å². The SMILES string of the molecule is NC(=O)c1c(NC(=O)CSc2nnc(-c3cccnc3)n2Cc2ccccc2)sc2c1CCC2. The molecule has 5 rings (SSSR count). The number of nitrogens with two attached hydrogens (primary N) is 1. The highest BCUT2D eigenvalue weighted by Gasteiger charge is 2.26. The number of fused-ring (bicyclic) bond motifs is 1. The standard InChI is InChI=1S/C24H22N6O2S2/c25-21(32)20-17-9-4-10-18(17)34-23(20)27-19(31)14-33-24-29-28-22(16-8-5-11-26-12-16)30(24)13-15-6-2-1-3-7-15/h1-3,5-8,11-12H,4,9-10,13-14H2,(H2,25,32)(H,27,31). The summed E-state index contributed by atoms with van der Waals surface area (Å²) in [4.78, 5) is 30.1. The Kier molecular flexibility index (Phi) is 6.41. The van der Waals surface area contributed by atoms with Crippen molar-refractivity contribution in [2.24, 2.45) is 5.73 Å². The minimum Gasteiger partial charge on any atom is -0.365 e. The molecule has 0 saturated heterocycles. The van der Waals surface area contributed by atoms with Gasteiger partial charge in [-0.25, -0.2) is 0 Å². The van der Waals surface area contributed by atoms with Gasteiger partial charge in [0.15, 0.2) is 11.0 Å². The maximum atomic E-state index is 12.8. The van der Waals surface area contributed by atoms with Crippen LogP contribution in [0.2, 0.25) is 0 Å². The summed E-state index contributed by atoms with van der Waals surface area (Å²) < 4.78 is 1.98. The van der Waals surface area contributed by atoms with Crippen molar-refractivity contribution in [1.82, 2.24) is 19.7 Å². The zero-order chi connectivity index (χ0) is 23.5. The van der Waals surface area contributed by atoms with Crippen molar-refractivity contribution >= 4 is 39.9 Å². The lowest BCUT2D eigenvalue weighted by Gasteiger charge is -2.10. The molecular formula is C24H22N6O2S2. The van der Waals surface area contributed by atoms with Gasteiger partial charge in [0.2, 0.25) is 5.91 Å². The number of benzene rings is 1. The van der Waals surface area contributed by atoms with Crippen LogP contribution in [0.4, 0.5) is 5.00 Å². The van der Waals surface area contributed by atoms with E-state index in [1.165, 1.54) is 23.1 Å². The molecule has 3 N–H and O–H groups in total. The van der Waals surface area contributed by atoms with Crippen LogP contribution < -0.4 is 11.1 Å². The average Bonchev–Trinajstić information content (AvgIpc) is 3.53. The van der Waals surface area contributed by atoms with Gasteiger partial charge in [0.1, 0.15) is 5.00 Å². The number of nitrogens with zero attached hydrogens (tertiary/aromatic N) is 4. The van der Waals surface area contributed by atoms with Crippen molar-refractivity contribution in [3.63, 3.8) is 0 Å². The fourth-order valence-electron chi connectivity index (χ4n) is 4.06. The number of aromatic nitrogens is 4. The zero-order valence-corrected chi connectivity index (χ0v) is 19.9. The predicted octanol–water partition coefficient (Wildman–Crippen LogP) is 3.77. The third-order valence-corrected chi connectivity index (χ3v) is 7.75. The van der Waals surface area contributed by atoms with Crippen molar-refractivity contribution in [2.45, 2.75) is 31.0 Å². The molecule has 10 heteroatoms. The molecule has 4 aromatic rings. The Labute approximate surface area is 204 Å². The first-order valence-corrected chi connectivity index (χ1v) is 12.6. The van der Waals surface area contributed by atoms with Gasteiger partial charge in [-0.05, 0) is 42.5 Å². The lowest BCUT2D eigenvalue weighted by Crippen LogP contribution is -2.19. The van der Waals surface area contributed by atoms with Gasteiger partial charge in [-0.1, -0.05) is 42.1 Å². The van der Waals surface area contributed by atoms with E-state index in [0.29, 0.717) is 28.1 Å². The quantitative estimate of drug-likeness (QED) is 0.363. The Balaban J connectivity index is 1.35. The third kappa shape index (κ3) is 4.59. The number of hydrogen-bond acceptors (Lipinski definition) is 7. The predicted molar refractivity (Wildman–Crippen MR) is 133 cm³/mol. The fraction of sp³-hybridized carbons (Fsp3) is 0.208. The summed E-state index contributed by atoms with van der Waals surface area (Å²) in [6.45, 7) is 0.561. The van der Waals surface area contributed by atoms with Crippen LogP contribution in [0.5, 0.6) is 0 Å². The number of amides is 2. The third-order valence-electron chi connectivity index (χ3n) is 5.57. The fourth-order valence-corrected chi connectivity index (χ4v) is 6.11. The molecule has 1 aromatic carbocycles. The Morgan fingerprint density at radius 3 is 2.74 bits per heavy atom. The van der Waals surface area contributed by atoms with Crippen LogP contribution in [0.1, 0.15) is 32.8 Å². The Hall–Kier alpha value is -3.50. The largest absolute Gasteiger partial charge is 0.365 e. The normalized spacial score (nSPS) is 12.5. The number of carbonyl (C=O) groups excluding carboxylic acids is 2. The van der Waals surface area contributed by atoms with Crippen LogP contribution >= 0.6 is 23.1 Å². The van der Waals surface area contributed by atoms with E-state index >= 15 is 0 Å². The first-order chi connectivity index (χ1) is 16.6. The summed E-state index contributed by atoms with van der Waals surface area (Å²) in [7, 11) is 0. The highest BCUT2D eigenvalue weighted by Crippen LogP contribution is 2.39. The van der Waals surface area contributed by atoms with Gasteiger partial charge >= 0.3 is 0 Å². The van der Waals surface area contributed by atoms with E-state index in [2.05, 4.69) is 20.5 Å². The molecule has 0 spiro atoms. The summed E-state index contributed by atoms with van der Waals surface area (Å²) in [5.74, 6) is 0.0991. The van der Waals surface area contributed by atoms with Crippen molar-refractivity contribution in [1.29, 1.82) is 0 Å². The van der Waals surface area contributed by atoms with E-state index < -0.39 is 5.91 Å². The second-order valence-corrected chi connectivity index (χ2v) is 9.93. The summed E-state index contributed by atoms with van der Waals surface area (Å²) in [5.41, 5.74) is 9.00. The maximum Gasteiger partial charge on any atom is 0.251 e. The Bertz CT molecular complexity index is 1330. The molecule has 0 saturated carbocycles. The molecule has 3 heterocycles. The van der Waals surface area contributed by atoms with Crippen LogP contribution in [0, 0.1) is 0 Å². The molecule has 3 aromatic heterocycles. The van der Waals surface area contributed by atoms with E-state index in [9.17, 15) is 9.59 Å². The zero-order valence-electron chi connectivity index (χ0n) is 18.2. The topological polar surface area (TPSA) is 116 Å². The highest BCUT2D eigenvalue weighted by molar-refractivity contribution is 7.99. The van der Waals surface area contributed by atoms with Gasteiger partial charge in [0.05, 0.1) is 17.9 Å². The van der Waals surface area contributed by atoms with Crippen LogP contribution in [0.15, 0.2) is 60.0 Å². The minimum atomic E-state index is -0.494. The first kappa shape index (κ1) is 22.3. The van der Waals surface area contributed by atoms with Gasteiger partial charge in [-0.2, -0.15) is 0 Å². The molecule has 0 radical (unpaired) electrons. The molecule has 8 nitrogen and oxygen atoms in total. The molecule has 34 heavy (non-hydrogen) atoms. The monoisotopic (exact) mass is 490 g/mol. The molecule has 0 unspecified atom stereocenters. The number of pyridine rings is 1. The number of nitrogens with one attached hydrogen (secondary N) is 1. The highest BCUT2D eigenvalue weighted by atomic mass is 32.2. The maximum absolute atomic E-state index is 12.8. The number of anilines is 1. The molecular weight excluding hydrogens is 468 g/mol. The molecule has 0 bridgehead atoms. The number of primary amides is 1. The van der Waals surface area contributed by atoms with E-state index in [4.69, 9.17) is 5.73 Å². The minimum absolute atomic E-state index is 0.126. The second-order valence-electron chi connectivity index (χ2n) is 7.88. The van der Waals surface area contributed by atoms with Gasteiger partial charge < -0.3 is 11.1 Å². The van der Waals surface area contributed by atoms with Crippen LogP contribution in [0.25, 0.3) is 11.4 Å². The second kappa shape index (κ2) is 9.78. The van der Waals surface area contributed by atoms with Crippen LogP contribution in [-0.4, -0.2) is 37.3 Å². The number of carbonyl (C=O) groups is 2. The van der Waals surface area contributed by atoms with Crippen molar-refractivity contribution in [3.05, 3.63) is 76.4 Å². The molecule has 2 amide bonds. The van der Waals surface area contributed by atoms with Crippen molar-refractivity contribution in [2.75, 3.05) is 11.1 Å². The Morgan fingerprint density at radius 1 is 1.12 bits per heavy atom. The Morgan fingerprint density at radius 2 is 1.97 bits per heavy atom. The smallest absolute Gasteiger partial charge is 0.251 e. The molecule has 1 aliphatic rings.